The molecule has 1 aromatic carbocycles. The zero-order valence-corrected chi connectivity index (χ0v) is 14.7. The van der Waals surface area contributed by atoms with Crippen LogP contribution in [0, 0.1) is 0 Å². The minimum absolute atomic E-state index is 0.0919. The highest BCUT2D eigenvalue weighted by molar-refractivity contribution is 7.94. The monoisotopic (exact) mass is 388 g/mol. The zero-order valence-electron chi connectivity index (χ0n) is 13.0. The van der Waals surface area contributed by atoms with Gasteiger partial charge in [0.2, 0.25) is 0 Å². The molecular formula is C16H15F3N2O2S2. The van der Waals surface area contributed by atoms with Gasteiger partial charge in [0.15, 0.2) is 0 Å². The number of alkyl halides is 3. The van der Waals surface area contributed by atoms with Gasteiger partial charge in [-0.15, -0.1) is 11.3 Å². The van der Waals surface area contributed by atoms with E-state index >= 15 is 0 Å². The first kappa shape index (κ1) is 16.7. The van der Waals surface area contributed by atoms with Crippen molar-refractivity contribution < 1.29 is 21.6 Å². The van der Waals surface area contributed by atoms with Gasteiger partial charge in [-0.1, -0.05) is 6.07 Å². The summed E-state index contributed by atoms with van der Waals surface area (Å²) in [5, 5.41) is 1.67. The molecule has 2 aromatic rings. The number of rotatable bonds is 2. The van der Waals surface area contributed by atoms with Crippen molar-refractivity contribution in [1.82, 2.24) is 0 Å². The fourth-order valence-electron chi connectivity index (χ4n) is 3.52. The third-order valence-corrected chi connectivity index (χ3v) is 7.83. The normalized spacial score (nSPS) is 20.5. The van der Waals surface area contributed by atoms with Crippen molar-refractivity contribution in [3.05, 3.63) is 41.3 Å². The number of benzene rings is 1. The molecule has 0 unspecified atom stereocenters. The van der Waals surface area contributed by atoms with Crippen molar-refractivity contribution in [2.24, 2.45) is 0 Å². The molecule has 0 spiro atoms. The van der Waals surface area contributed by atoms with Crippen LogP contribution in [0.15, 0.2) is 39.9 Å². The number of thiophene rings is 1. The van der Waals surface area contributed by atoms with E-state index in [0.717, 1.165) is 36.3 Å². The summed E-state index contributed by atoms with van der Waals surface area (Å²) < 4.78 is 66.7. The third kappa shape index (κ3) is 2.69. The molecular weight excluding hydrogens is 373 g/mol. The Morgan fingerprint density at radius 1 is 1.16 bits per heavy atom. The van der Waals surface area contributed by atoms with Gasteiger partial charge in [0.05, 0.1) is 23.5 Å². The lowest BCUT2D eigenvalue weighted by Gasteiger charge is -2.40. The van der Waals surface area contributed by atoms with E-state index in [-0.39, 0.29) is 16.8 Å². The minimum atomic E-state index is -4.46. The molecule has 0 amide bonds. The standard InChI is InChI=1S/C16H15F3N2O2S2/c17-16(18,19)11-5-6-13-14(9-11)20-7-1-3-12(20)10-21(13)25(22,23)15-4-2-8-24-15/h2,4-6,8-9,12H,1,3,7,10H2/t12-/m1/s1. The number of hydrogen-bond acceptors (Lipinski definition) is 4. The molecule has 0 radical (unpaired) electrons. The largest absolute Gasteiger partial charge is 0.416 e. The highest BCUT2D eigenvalue weighted by Crippen LogP contribution is 2.44. The SMILES string of the molecule is O=S(=O)(c1cccs1)N1C[C@H]2CCCN2c2cc(C(F)(F)F)ccc21. The Bertz CT molecular complexity index is 895. The lowest BCUT2D eigenvalue weighted by molar-refractivity contribution is -0.137. The molecule has 1 atom stereocenters. The minimum Gasteiger partial charge on any atom is -0.365 e. The number of sulfonamides is 1. The summed E-state index contributed by atoms with van der Waals surface area (Å²) >= 11 is 1.11. The maximum absolute atomic E-state index is 13.1. The van der Waals surface area contributed by atoms with Gasteiger partial charge in [0.25, 0.3) is 10.0 Å². The molecule has 134 valence electrons. The van der Waals surface area contributed by atoms with Gasteiger partial charge in [-0.05, 0) is 42.5 Å². The topological polar surface area (TPSA) is 40.6 Å². The van der Waals surface area contributed by atoms with Crippen LogP contribution >= 0.6 is 11.3 Å². The number of halogens is 3. The summed E-state index contributed by atoms with van der Waals surface area (Å²) in [5.74, 6) is 0. The molecule has 0 saturated carbocycles. The number of nitrogens with zero attached hydrogens (tertiary/aromatic N) is 2. The second kappa shape index (κ2) is 5.63. The van der Waals surface area contributed by atoms with E-state index in [0.29, 0.717) is 17.9 Å². The Balaban J connectivity index is 1.86. The number of hydrogen-bond donors (Lipinski definition) is 0. The van der Waals surface area contributed by atoms with E-state index < -0.39 is 21.8 Å². The average Bonchev–Trinajstić information content (AvgIpc) is 3.24. The quantitative estimate of drug-likeness (QED) is 0.782. The Kier molecular flexibility index (Phi) is 3.77. The molecule has 1 fully saturated rings. The molecule has 25 heavy (non-hydrogen) atoms. The van der Waals surface area contributed by atoms with Crippen molar-refractivity contribution in [2.45, 2.75) is 29.3 Å². The molecule has 3 heterocycles. The van der Waals surface area contributed by atoms with E-state index in [2.05, 4.69) is 0 Å². The van der Waals surface area contributed by atoms with Crippen LogP contribution in [0.2, 0.25) is 0 Å². The fraction of sp³-hybridized carbons (Fsp3) is 0.375. The first-order valence-electron chi connectivity index (χ1n) is 7.82. The van der Waals surface area contributed by atoms with Crippen molar-refractivity contribution in [1.29, 1.82) is 0 Å². The molecule has 0 N–H and O–H groups in total. The van der Waals surface area contributed by atoms with Crippen molar-refractivity contribution in [3.63, 3.8) is 0 Å². The van der Waals surface area contributed by atoms with Gasteiger partial charge < -0.3 is 4.90 Å². The highest BCUT2D eigenvalue weighted by Gasteiger charge is 2.41. The Hall–Kier alpha value is -1.74. The predicted octanol–water partition coefficient (Wildman–Crippen LogP) is 3.94. The highest BCUT2D eigenvalue weighted by atomic mass is 32.2. The smallest absolute Gasteiger partial charge is 0.365 e. The molecule has 1 aromatic heterocycles. The third-order valence-electron chi connectivity index (χ3n) is 4.67. The maximum atomic E-state index is 13.1. The summed E-state index contributed by atoms with van der Waals surface area (Å²) in [7, 11) is -3.78. The summed E-state index contributed by atoms with van der Waals surface area (Å²) in [6, 6.07) is 6.38. The molecule has 1 saturated heterocycles. The van der Waals surface area contributed by atoms with E-state index in [9.17, 15) is 21.6 Å². The summed E-state index contributed by atoms with van der Waals surface area (Å²) in [5.41, 5.74) is -0.0875. The van der Waals surface area contributed by atoms with Crippen LogP contribution in [0.25, 0.3) is 0 Å². The van der Waals surface area contributed by atoms with Crippen LogP contribution in [0.4, 0.5) is 24.5 Å². The number of anilines is 2. The zero-order chi connectivity index (χ0) is 17.8. The Morgan fingerprint density at radius 3 is 2.64 bits per heavy atom. The van der Waals surface area contributed by atoms with Crippen LogP contribution in [-0.4, -0.2) is 27.5 Å². The second-order valence-corrected chi connectivity index (χ2v) is 9.20. The first-order chi connectivity index (χ1) is 11.8. The fourth-order valence-corrected chi connectivity index (χ4v) is 6.14. The van der Waals surface area contributed by atoms with E-state index in [1.165, 1.54) is 16.4 Å². The second-order valence-electron chi connectivity index (χ2n) is 6.16. The molecule has 2 aliphatic rings. The van der Waals surface area contributed by atoms with Crippen molar-refractivity contribution in [3.8, 4) is 0 Å². The Labute approximate surface area is 147 Å². The van der Waals surface area contributed by atoms with Gasteiger partial charge in [0.1, 0.15) is 4.21 Å². The van der Waals surface area contributed by atoms with Crippen molar-refractivity contribution >= 4 is 32.7 Å². The lowest BCUT2D eigenvalue weighted by atomic mass is 10.1. The van der Waals surface area contributed by atoms with Crippen molar-refractivity contribution in [2.75, 3.05) is 22.3 Å². The molecule has 0 bridgehead atoms. The molecule has 9 heteroatoms. The van der Waals surface area contributed by atoms with E-state index in [4.69, 9.17) is 0 Å². The van der Waals surface area contributed by atoms with Crippen LogP contribution in [0.1, 0.15) is 18.4 Å². The first-order valence-corrected chi connectivity index (χ1v) is 10.1. The predicted molar refractivity (Wildman–Crippen MR) is 90.7 cm³/mol. The molecule has 4 nitrogen and oxygen atoms in total. The summed E-state index contributed by atoms with van der Waals surface area (Å²) in [6.07, 6.45) is -2.85. The van der Waals surface area contributed by atoms with Gasteiger partial charge in [-0.2, -0.15) is 13.2 Å². The van der Waals surface area contributed by atoms with Crippen LogP contribution in [-0.2, 0) is 16.2 Å². The van der Waals surface area contributed by atoms with Crippen LogP contribution < -0.4 is 9.21 Å². The summed E-state index contributed by atoms with van der Waals surface area (Å²) in [6.45, 7) is 0.907. The lowest BCUT2D eigenvalue weighted by Crippen LogP contribution is -2.48. The van der Waals surface area contributed by atoms with Gasteiger partial charge >= 0.3 is 6.18 Å². The van der Waals surface area contributed by atoms with Gasteiger partial charge in [-0.3, -0.25) is 4.31 Å². The Morgan fingerprint density at radius 2 is 1.96 bits per heavy atom. The number of fused-ring (bicyclic) bond motifs is 3. The average molecular weight is 388 g/mol. The molecule has 0 aliphatic carbocycles. The van der Waals surface area contributed by atoms with Crippen LogP contribution in [0.5, 0.6) is 0 Å². The summed E-state index contributed by atoms with van der Waals surface area (Å²) in [4.78, 5) is 1.91. The van der Waals surface area contributed by atoms with Gasteiger partial charge in [-0.25, -0.2) is 8.42 Å². The molecule has 2 aliphatic heterocycles. The molecule has 4 rings (SSSR count). The van der Waals surface area contributed by atoms with Gasteiger partial charge in [0, 0.05) is 12.6 Å². The maximum Gasteiger partial charge on any atom is 0.416 e. The van der Waals surface area contributed by atoms with E-state index in [1.54, 1.807) is 11.4 Å². The van der Waals surface area contributed by atoms with E-state index in [1.807, 2.05) is 4.90 Å². The van der Waals surface area contributed by atoms with Crippen LogP contribution in [0.3, 0.4) is 0 Å².